The molecule has 3 aromatic rings. The molecular formula is C26H29BrO6. The highest BCUT2D eigenvalue weighted by Gasteiger charge is 2.19. The van der Waals surface area contributed by atoms with Gasteiger partial charge in [0.1, 0.15) is 11.5 Å². The minimum atomic E-state index is -0.427. The average molecular weight is 517 g/mol. The smallest absolute Gasteiger partial charge is 0.344 e. The Morgan fingerprint density at radius 3 is 1.67 bits per heavy atom. The van der Waals surface area contributed by atoms with Crippen LogP contribution in [0.3, 0.4) is 0 Å². The normalized spacial score (nSPS) is 11.2. The van der Waals surface area contributed by atoms with Gasteiger partial charge in [0.15, 0.2) is 13.2 Å². The first-order valence-electron chi connectivity index (χ1n) is 11.0. The van der Waals surface area contributed by atoms with Gasteiger partial charge >= 0.3 is 11.9 Å². The summed E-state index contributed by atoms with van der Waals surface area (Å²) < 4.78 is 23.3. The van der Waals surface area contributed by atoms with Gasteiger partial charge < -0.3 is 18.9 Å². The van der Waals surface area contributed by atoms with Gasteiger partial charge in [-0.25, -0.2) is 9.59 Å². The van der Waals surface area contributed by atoms with Crippen LogP contribution < -0.4 is 9.47 Å². The van der Waals surface area contributed by atoms with Crippen LogP contribution >= 0.6 is 15.9 Å². The van der Waals surface area contributed by atoms with Crippen LogP contribution in [-0.2, 0) is 19.1 Å². The van der Waals surface area contributed by atoms with Crippen molar-refractivity contribution in [2.24, 2.45) is 11.8 Å². The average Bonchev–Trinajstić information content (AvgIpc) is 2.78. The second-order valence-corrected chi connectivity index (χ2v) is 9.54. The van der Waals surface area contributed by atoms with Crippen molar-refractivity contribution >= 4 is 49.4 Å². The Hall–Kier alpha value is -2.80. The Labute approximate surface area is 202 Å². The third-order valence-corrected chi connectivity index (χ3v) is 5.20. The lowest BCUT2D eigenvalue weighted by atomic mass is 10.0. The summed E-state index contributed by atoms with van der Waals surface area (Å²) in [5.74, 6) is 0.754. The number of carbonyl (C=O) groups is 2. The van der Waals surface area contributed by atoms with Gasteiger partial charge in [0, 0.05) is 26.0 Å². The fraction of sp³-hybridized carbons (Fsp3) is 0.385. The van der Waals surface area contributed by atoms with Gasteiger partial charge in [-0.05, 0) is 30.0 Å². The van der Waals surface area contributed by atoms with Crippen LogP contribution in [0.4, 0.5) is 0 Å². The second-order valence-electron chi connectivity index (χ2n) is 8.62. The van der Waals surface area contributed by atoms with Gasteiger partial charge in [-0.15, -0.1) is 0 Å². The minimum absolute atomic E-state index is 0.205. The Morgan fingerprint density at radius 2 is 1.18 bits per heavy atom. The maximum absolute atomic E-state index is 12.2. The molecule has 0 saturated heterocycles. The third kappa shape index (κ3) is 6.60. The molecule has 0 aromatic heterocycles. The van der Waals surface area contributed by atoms with Crippen LogP contribution in [-0.4, -0.2) is 38.4 Å². The maximum atomic E-state index is 12.2. The van der Waals surface area contributed by atoms with Gasteiger partial charge in [0.25, 0.3) is 0 Å². The van der Waals surface area contributed by atoms with E-state index in [2.05, 4.69) is 15.9 Å². The van der Waals surface area contributed by atoms with Crippen LogP contribution in [0.25, 0.3) is 21.5 Å². The molecule has 3 aromatic carbocycles. The molecule has 7 heteroatoms. The summed E-state index contributed by atoms with van der Waals surface area (Å²) in [6, 6.07) is 13.3. The minimum Gasteiger partial charge on any atom is -0.481 e. The quantitative estimate of drug-likeness (QED) is 0.246. The number of esters is 2. The first-order chi connectivity index (χ1) is 15.8. The van der Waals surface area contributed by atoms with Crippen molar-refractivity contribution in [2.75, 3.05) is 26.4 Å². The van der Waals surface area contributed by atoms with Crippen LogP contribution in [0.5, 0.6) is 11.5 Å². The molecular weight excluding hydrogens is 488 g/mol. The molecule has 0 amide bonds. The molecule has 0 radical (unpaired) electrons. The largest absolute Gasteiger partial charge is 0.481 e. The monoisotopic (exact) mass is 516 g/mol. The van der Waals surface area contributed by atoms with Gasteiger partial charge in [-0.1, -0.05) is 67.9 Å². The van der Waals surface area contributed by atoms with E-state index in [9.17, 15) is 9.59 Å². The van der Waals surface area contributed by atoms with Crippen LogP contribution in [0.2, 0.25) is 0 Å². The number of halogens is 1. The summed E-state index contributed by atoms with van der Waals surface area (Å²) in [6.45, 7) is 8.18. The van der Waals surface area contributed by atoms with E-state index in [1.165, 1.54) is 0 Å². The molecule has 6 nitrogen and oxygen atoms in total. The van der Waals surface area contributed by atoms with E-state index >= 15 is 0 Å². The van der Waals surface area contributed by atoms with Gasteiger partial charge in [0.2, 0.25) is 0 Å². The number of fused-ring (bicyclic) bond motifs is 2. The molecule has 0 fully saturated rings. The molecule has 33 heavy (non-hydrogen) atoms. The van der Waals surface area contributed by atoms with Crippen molar-refractivity contribution in [3.05, 3.63) is 46.9 Å². The standard InChI is InChI=1S/C26H29BrO6/c1-16(2)12-30-23(28)14-32-25-19-7-5-6-8-20(19)26(22-11-18(27)9-10-21(22)25)33-15-24(29)31-13-17(3)4/h5-11,16-17H,12-15H2,1-4H3. The number of hydrogen-bond donors (Lipinski definition) is 0. The molecule has 3 rings (SSSR count). The fourth-order valence-electron chi connectivity index (χ4n) is 3.25. The lowest BCUT2D eigenvalue weighted by molar-refractivity contribution is -0.147. The van der Waals surface area contributed by atoms with Crippen LogP contribution in [0.1, 0.15) is 27.7 Å². The highest BCUT2D eigenvalue weighted by molar-refractivity contribution is 9.10. The maximum Gasteiger partial charge on any atom is 0.344 e. The van der Waals surface area contributed by atoms with Gasteiger partial charge in [0.05, 0.1) is 13.2 Å². The zero-order valence-corrected chi connectivity index (χ0v) is 20.9. The van der Waals surface area contributed by atoms with Crippen LogP contribution in [0.15, 0.2) is 46.9 Å². The summed E-state index contributed by atoms with van der Waals surface area (Å²) in [7, 11) is 0. The van der Waals surface area contributed by atoms with Gasteiger partial charge in [-0.2, -0.15) is 0 Å². The SMILES string of the molecule is CC(C)COC(=O)COc1c2ccccc2c(OCC(=O)OCC(C)C)c2cc(Br)ccc12. The molecule has 0 saturated carbocycles. The van der Waals surface area contributed by atoms with Crippen molar-refractivity contribution in [1.82, 2.24) is 0 Å². The van der Waals surface area contributed by atoms with Crippen molar-refractivity contribution < 1.29 is 28.5 Å². The number of carbonyl (C=O) groups excluding carboxylic acids is 2. The van der Waals surface area contributed by atoms with E-state index in [1.54, 1.807) is 0 Å². The first kappa shape index (κ1) is 24.8. The molecule has 0 N–H and O–H groups in total. The van der Waals surface area contributed by atoms with Crippen molar-refractivity contribution in [1.29, 1.82) is 0 Å². The molecule has 0 aliphatic rings. The summed E-state index contributed by atoms with van der Waals surface area (Å²) in [5.41, 5.74) is 0. The van der Waals surface area contributed by atoms with Crippen molar-refractivity contribution in [2.45, 2.75) is 27.7 Å². The molecule has 0 bridgehead atoms. The summed E-state index contributed by atoms with van der Waals surface area (Å²) in [5, 5.41) is 3.06. The number of ether oxygens (including phenoxy) is 4. The van der Waals surface area contributed by atoms with Gasteiger partial charge in [-0.3, -0.25) is 0 Å². The van der Waals surface area contributed by atoms with E-state index in [0.717, 1.165) is 26.0 Å². The van der Waals surface area contributed by atoms with E-state index in [-0.39, 0.29) is 25.0 Å². The van der Waals surface area contributed by atoms with E-state index < -0.39 is 11.9 Å². The molecule has 176 valence electrons. The Kier molecular flexibility index (Phi) is 8.55. The van der Waals surface area contributed by atoms with E-state index in [0.29, 0.717) is 24.7 Å². The highest BCUT2D eigenvalue weighted by Crippen LogP contribution is 2.43. The number of rotatable bonds is 10. The topological polar surface area (TPSA) is 71.1 Å². The van der Waals surface area contributed by atoms with E-state index in [1.807, 2.05) is 70.2 Å². The lowest BCUT2D eigenvalue weighted by Gasteiger charge is -2.18. The zero-order valence-electron chi connectivity index (χ0n) is 19.4. The first-order valence-corrected chi connectivity index (χ1v) is 11.8. The second kappa shape index (κ2) is 11.4. The van der Waals surface area contributed by atoms with Crippen molar-refractivity contribution in [3.63, 3.8) is 0 Å². The summed E-state index contributed by atoms with van der Waals surface area (Å²) >= 11 is 3.51. The Morgan fingerprint density at radius 1 is 0.727 bits per heavy atom. The predicted molar refractivity (Wildman–Crippen MR) is 132 cm³/mol. The fourth-order valence-corrected chi connectivity index (χ4v) is 3.61. The third-order valence-electron chi connectivity index (χ3n) is 4.71. The number of hydrogen-bond acceptors (Lipinski definition) is 6. The summed E-state index contributed by atoms with van der Waals surface area (Å²) in [4.78, 5) is 24.4. The Balaban J connectivity index is 1.97. The molecule has 0 unspecified atom stereocenters. The predicted octanol–water partition coefficient (Wildman–Crippen LogP) is 5.91. The number of benzene rings is 3. The van der Waals surface area contributed by atoms with Crippen LogP contribution in [0, 0.1) is 11.8 Å². The molecule has 0 atom stereocenters. The van der Waals surface area contributed by atoms with E-state index in [4.69, 9.17) is 18.9 Å². The van der Waals surface area contributed by atoms with Crippen molar-refractivity contribution in [3.8, 4) is 11.5 Å². The molecule has 0 aliphatic carbocycles. The highest BCUT2D eigenvalue weighted by atomic mass is 79.9. The molecule has 0 aliphatic heterocycles. The Bertz CT molecular complexity index is 1140. The lowest BCUT2D eigenvalue weighted by Crippen LogP contribution is -2.18. The molecule has 0 spiro atoms. The summed E-state index contributed by atoms with van der Waals surface area (Å²) in [6.07, 6.45) is 0. The molecule has 0 heterocycles. The zero-order chi connectivity index (χ0) is 24.0.